The summed E-state index contributed by atoms with van der Waals surface area (Å²) in [6, 6.07) is 15.9. The highest BCUT2D eigenvalue weighted by atomic mass is 79.9. The molecule has 2 heterocycles. The Hall–Kier alpha value is -2.32. The smallest absolute Gasteiger partial charge is 0.212 e. The molecular weight excluding hydrogens is 428 g/mol. The van der Waals surface area contributed by atoms with Crippen molar-refractivity contribution in [1.82, 2.24) is 14.9 Å². The van der Waals surface area contributed by atoms with Gasteiger partial charge in [-0.05, 0) is 47.5 Å². The van der Waals surface area contributed by atoms with E-state index in [0.717, 1.165) is 45.1 Å². The van der Waals surface area contributed by atoms with Gasteiger partial charge in [0, 0.05) is 12.2 Å². The molecule has 0 bridgehead atoms. The SMILES string of the molecule is Br.COc1ccc(Cc2nnc3n2N=C(c2ccc(OC)cc2)CS3)cc1. The molecule has 0 radical (unpaired) electrons. The Balaban J connectivity index is 0.00000210. The minimum Gasteiger partial charge on any atom is -0.497 e. The van der Waals surface area contributed by atoms with Gasteiger partial charge in [0.25, 0.3) is 0 Å². The van der Waals surface area contributed by atoms with Crippen LogP contribution >= 0.6 is 28.7 Å². The predicted octanol–water partition coefficient (Wildman–Crippen LogP) is 3.82. The molecule has 27 heavy (non-hydrogen) atoms. The third-order valence-electron chi connectivity index (χ3n) is 4.18. The average molecular weight is 447 g/mol. The maximum absolute atomic E-state index is 5.22. The van der Waals surface area contributed by atoms with E-state index in [0.29, 0.717) is 6.42 Å². The fourth-order valence-electron chi connectivity index (χ4n) is 2.73. The number of thioether (sulfide) groups is 1. The summed E-state index contributed by atoms with van der Waals surface area (Å²) in [5, 5.41) is 14.2. The summed E-state index contributed by atoms with van der Waals surface area (Å²) in [5.74, 6) is 3.27. The summed E-state index contributed by atoms with van der Waals surface area (Å²) in [5.41, 5.74) is 3.21. The van der Waals surface area contributed by atoms with Crippen LogP contribution in [0.25, 0.3) is 0 Å². The lowest BCUT2D eigenvalue weighted by atomic mass is 10.1. The molecule has 0 saturated heterocycles. The van der Waals surface area contributed by atoms with Crippen LogP contribution in [0.2, 0.25) is 0 Å². The Kier molecular flexibility index (Phi) is 6.18. The molecule has 0 unspecified atom stereocenters. The van der Waals surface area contributed by atoms with Crippen molar-refractivity contribution in [2.24, 2.45) is 5.10 Å². The Bertz CT molecular complexity index is 939. The molecule has 0 amide bonds. The molecule has 1 aliphatic rings. The molecule has 8 heteroatoms. The lowest BCUT2D eigenvalue weighted by Crippen LogP contribution is -2.14. The lowest BCUT2D eigenvalue weighted by Gasteiger charge is -2.14. The molecule has 0 fully saturated rings. The average Bonchev–Trinajstić information content (AvgIpc) is 3.10. The normalized spacial score (nSPS) is 12.6. The van der Waals surface area contributed by atoms with Crippen molar-refractivity contribution in [2.45, 2.75) is 11.6 Å². The summed E-state index contributed by atoms with van der Waals surface area (Å²) in [4.78, 5) is 0. The zero-order valence-electron chi connectivity index (χ0n) is 15.0. The van der Waals surface area contributed by atoms with Gasteiger partial charge >= 0.3 is 0 Å². The van der Waals surface area contributed by atoms with Gasteiger partial charge in [-0.15, -0.1) is 27.2 Å². The number of nitrogens with zero attached hydrogens (tertiary/aromatic N) is 4. The molecule has 0 aliphatic carbocycles. The quantitative estimate of drug-likeness (QED) is 0.595. The molecule has 0 spiro atoms. The number of fused-ring (bicyclic) bond motifs is 1. The van der Waals surface area contributed by atoms with E-state index < -0.39 is 0 Å². The van der Waals surface area contributed by atoms with Gasteiger partial charge < -0.3 is 9.47 Å². The van der Waals surface area contributed by atoms with Crippen LogP contribution in [0.3, 0.4) is 0 Å². The number of hydrogen-bond acceptors (Lipinski definition) is 6. The van der Waals surface area contributed by atoms with Crippen LogP contribution in [0, 0.1) is 0 Å². The van der Waals surface area contributed by atoms with Gasteiger partial charge in [-0.1, -0.05) is 23.9 Å². The third-order valence-corrected chi connectivity index (χ3v) is 5.11. The zero-order valence-corrected chi connectivity index (χ0v) is 17.5. The molecule has 2 aromatic carbocycles. The number of benzene rings is 2. The lowest BCUT2D eigenvalue weighted by molar-refractivity contribution is 0.414. The van der Waals surface area contributed by atoms with Gasteiger partial charge in [-0.2, -0.15) is 9.78 Å². The van der Waals surface area contributed by atoms with Crippen molar-refractivity contribution in [3.05, 3.63) is 65.5 Å². The number of ether oxygens (including phenoxy) is 2. The van der Waals surface area contributed by atoms with Gasteiger partial charge in [0.2, 0.25) is 5.16 Å². The minimum atomic E-state index is 0. The molecule has 1 aliphatic heterocycles. The standard InChI is InChI=1S/C19H18N4O2S.BrH/c1-24-15-7-3-13(4-8-15)11-18-20-21-19-23(18)22-17(12-26-19)14-5-9-16(25-2)10-6-14;/h3-10H,11-12H2,1-2H3;1H. The number of aromatic nitrogens is 3. The fraction of sp³-hybridized carbons (Fsp3) is 0.211. The second-order valence-electron chi connectivity index (χ2n) is 5.80. The van der Waals surface area contributed by atoms with Gasteiger partial charge in [0.15, 0.2) is 5.82 Å². The maximum Gasteiger partial charge on any atom is 0.212 e. The molecule has 1 aromatic heterocycles. The van der Waals surface area contributed by atoms with Crippen molar-refractivity contribution < 1.29 is 9.47 Å². The first-order chi connectivity index (χ1) is 12.8. The summed E-state index contributed by atoms with van der Waals surface area (Å²) < 4.78 is 12.3. The highest BCUT2D eigenvalue weighted by Gasteiger charge is 2.20. The Morgan fingerprint density at radius 1 is 0.926 bits per heavy atom. The fourth-order valence-corrected chi connectivity index (χ4v) is 3.59. The molecule has 4 rings (SSSR count). The first-order valence-corrected chi connectivity index (χ1v) is 9.17. The Morgan fingerprint density at radius 2 is 1.56 bits per heavy atom. The van der Waals surface area contributed by atoms with E-state index in [2.05, 4.69) is 10.2 Å². The van der Waals surface area contributed by atoms with Gasteiger partial charge in [-0.25, -0.2) is 0 Å². The Labute approximate surface area is 172 Å². The van der Waals surface area contributed by atoms with E-state index >= 15 is 0 Å². The van der Waals surface area contributed by atoms with Crippen molar-refractivity contribution in [2.75, 3.05) is 20.0 Å². The highest BCUT2D eigenvalue weighted by molar-refractivity contribution is 8.93. The maximum atomic E-state index is 5.22. The van der Waals surface area contributed by atoms with E-state index in [9.17, 15) is 0 Å². The molecule has 3 aromatic rings. The van der Waals surface area contributed by atoms with Crippen LogP contribution in [0.4, 0.5) is 0 Å². The largest absolute Gasteiger partial charge is 0.497 e. The molecule has 0 atom stereocenters. The second kappa shape index (κ2) is 8.58. The van der Waals surface area contributed by atoms with Crippen LogP contribution in [0.15, 0.2) is 58.8 Å². The van der Waals surface area contributed by atoms with E-state index in [4.69, 9.17) is 14.6 Å². The van der Waals surface area contributed by atoms with Gasteiger partial charge in [0.1, 0.15) is 11.5 Å². The highest BCUT2D eigenvalue weighted by Crippen LogP contribution is 2.26. The first kappa shape index (κ1) is 19.4. The van der Waals surface area contributed by atoms with Crippen LogP contribution in [0.5, 0.6) is 11.5 Å². The number of methoxy groups -OCH3 is 2. The zero-order chi connectivity index (χ0) is 17.9. The summed E-state index contributed by atoms with van der Waals surface area (Å²) in [6.45, 7) is 0. The van der Waals surface area contributed by atoms with Crippen LogP contribution in [0.1, 0.15) is 17.0 Å². The van der Waals surface area contributed by atoms with E-state index in [1.807, 2.05) is 53.2 Å². The van der Waals surface area contributed by atoms with Crippen molar-refractivity contribution in [1.29, 1.82) is 0 Å². The topological polar surface area (TPSA) is 61.5 Å². The molecule has 6 nitrogen and oxygen atoms in total. The van der Waals surface area contributed by atoms with Crippen LogP contribution in [-0.2, 0) is 6.42 Å². The number of halogens is 1. The predicted molar refractivity (Wildman–Crippen MR) is 112 cm³/mol. The summed E-state index contributed by atoms with van der Waals surface area (Å²) in [6.07, 6.45) is 0.664. The van der Waals surface area contributed by atoms with Gasteiger partial charge in [-0.3, -0.25) is 0 Å². The van der Waals surface area contributed by atoms with Crippen molar-refractivity contribution in [3.63, 3.8) is 0 Å². The third kappa shape index (κ3) is 4.17. The first-order valence-electron chi connectivity index (χ1n) is 8.19. The Morgan fingerprint density at radius 3 is 2.19 bits per heavy atom. The van der Waals surface area contributed by atoms with E-state index in [1.54, 1.807) is 26.0 Å². The minimum absolute atomic E-state index is 0. The molecule has 0 saturated carbocycles. The number of hydrogen-bond donors (Lipinski definition) is 0. The molecular formula is C19H19BrN4O2S. The summed E-state index contributed by atoms with van der Waals surface area (Å²) in [7, 11) is 3.33. The van der Waals surface area contributed by atoms with Gasteiger partial charge in [0.05, 0.1) is 19.9 Å². The van der Waals surface area contributed by atoms with E-state index in [-0.39, 0.29) is 17.0 Å². The molecule has 0 N–H and O–H groups in total. The van der Waals surface area contributed by atoms with Crippen LogP contribution < -0.4 is 9.47 Å². The monoisotopic (exact) mass is 446 g/mol. The van der Waals surface area contributed by atoms with Crippen molar-refractivity contribution in [3.8, 4) is 11.5 Å². The number of rotatable bonds is 5. The summed E-state index contributed by atoms with van der Waals surface area (Å²) >= 11 is 1.65. The van der Waals surface area contributed by atoms with E-state index in [1.165, 1.54) is 0 Å². The second-order valence-corrected chi connectivity index (χ2v) is 6.74. The molecule has 140 valence electrons. The van der Waals surface area contributed by atoms with Crippen molar-refractivity contribution >= 4 is 34.5 Å². The van der Waals surface area contributed by atoms with Crippen LogP contribution in [-0.4, -0.2) is 40.6 Å².